The van der Waals surface area contributed by atoms with Crippen molar-refractivity contribution in [3.05, 3.63) is 18.3 Å². The third-order valence-electron chi connectivity index (χ3n) is 2.43. The Morgan fingerprint density at radius 3 is 3.12 bits per heavy atom. The number of hydrogen-bond donors (Lipinski definition) is 3. The summed E-state index contributed by atoms with van der Waals surface area (Å²) in [6.07, 6.45) is 2.53. The molecule has 2 rings (SSSR count). The van der Waals surface area contributed by atoms with E-state index in [4.69, 9.17) is 10.8 Å². The summed E-state index contributed by atoms with van der Waals surface area (Å²) < 4.78 is 0. The molecule has 1 atom stereocenters. The third-order valence-corrected chi connectivity index (χ3v) is 3.68. The van der Waals surface area contributed by atoms with E-state index in [1.165, 1.54) is 0 Å². The summed E-state index contributed by atoms with van der Waals surface area (Å²) in [7, 11) is 0. The van der Waals surface area contributed by atoms with Gasteiger partial charge in [0.1, 0.15) is 0 Å². The molecule has 1 heterocycles. The molecule has 0 aliphatic carbocycles. The van der Waals surface area contributed by atoms with Crippen molar-refractivity contribution < 1.29 is 5.11 Å². The van der Waals surface area contributed by atoms with Crippen molar-refractivity contribution in [2.24, 2.45) is 0 Å². The van der Waals surface area contributed by atoms with Crippen LogP contribution in [0.3, 0.4) is 0 Å². The summed E-state index contributed by atoms with van der Waals surface area (Å²) in [5, 5.41) is 17.1. The van der Waals surface area contributed by atoms with Crippen LogP contribution < -0.4 is 5.73 Å². The van der Waals surface area contributed by atoms with Gasteiger partial charge in [0.2, 0.25) is 0 Å². The highest BCUT2D eigenvalue weighted by atomic mass is 32.2. The van der Waals surface area contributed by atoms with Gasteiger partial charge < -0.3 is 10.8 Å². The first-order valence-electron chi connectivity index (χ1n) is 5.21. The second-order valence-corrected chi connectivity index (χ2v) is 5.27. The lowest BCUT2D eigenvalue weighted by Crippen LogP contribution is -2.00. The van der Waals surface area contributed by atoms with E-state index < -0.39 is 0 Å². The fraction of sp³-hybridized carbons (Fsp3) is 0.364. The molecule has 86 valence electrons. The number of hydrogen-bond acceptors (Lipinski definition) is 4. The van der Waals surface area contributed by atoms with Crippen LogP contribution in [0, 0.1) is 0 Å². The minimum atomic E-state index is 0.209. The van der Waals surface area contributed by atoms with Gasteiger partial charge in [-0.05, 0) is 18.6 Å². The van der Waals surface area contributed by atoms with Crippen molar-refractivity contribution in [3.8, 4) is 0 Å². The summed E-state index contributed by atoms with van der Waals surface area (Å²) in [6, 6.07) is 3.93. The second-order valence-electron chi connectivity index (χ2n) is 3.79. The number of nitrogen functional groups attached to an aromatic ring is 1. The maximum absolute atomic E-state index is 8.86. The number of H-pyrrole nitrogens is 1. The number of aromatic amines is 1. The van der Waals surface area contributed by atoms with Gasteiger partial charge in [-0.25, -0.2) is 0 Å². The summed E-state index contributed by atoms with van der Waals surface area (Å²) in [5.74, 6) is 0. The van der Waals surface area contributed by atoms with Crippen LogP contribution in [-0.4, -0.2) is 27.2 Å². The fourth-order valence-electron chi connectivity index (χ4n) is 1.55. The Hall–Kier alpha value is -1.20. The van der Waals surface area contributed by atoms with E-state index in [1.54, 1.807) is 18.0 Å². The smallest absolute Gasteiger partial charge is 0.0662 e. The molecule has 0 aliphatic heterocycles. The van der Waals surface area contributed by atoms with Crippen LogP contribution in [0.15, 0.2) is 23.2 Å². The third kappa shape index (κ3) is 2.31. The maximum atomic E-state index is 8.86. The van der Waals surface area contributed by atoms with Crippen molar-refractivity contribution in [1.82, 2.24) is 10.2 Å². The Balaban J connectivity index is 2.25. The number of aliphatic hydroxyl groups is 1. The molecule has 0 saturated heterocycles. The van der Waals surface area contributed by atoms with Crippen LogP contribution in [0.4, 0.5) is 5.69 Å². The number of aliphatic hydroxyl groups excluding tert-OH is 1. The minimum Gasteiger partial charge on any atom is -0.398 e. The zero-order valence-electron chi connectivity index (χ0n) is 9.10. The highest BCUT2D eigenvalue weighted by Gasteiger charge is 2.08. The predicted molar refractivity (Wildman–Crippen MR) is 67.5 cm³/mol. The highest BCUT2D eigenvalue weighted by Crippen LogP contribution is 2.32. The van der Waals surface area contributed by atoms with Gasteiger partial charge in [-0.3, -0.25) is 5.10 Å². The number of rotatable bonds is 4. The molecule has 0 bridgehead atoms. The Morgan fingerprint density at radius 2 is 2.38 bits per heavy atom. The normalized spacial score (nSPS) is 13.1. The standard InChI is InChI=1S/C11H15N3OS/c1-7(2-3-15)16-11-5-10-8(4-9(11)12)6-13-14-10/h4-7,15H,2-3,12H2,1H3,(H,13,14). The number of nitrogens with one attached hydrogen (secondary N) is 1. The number of nitrogens with zero attached hydrogens (tertiary/aromatic N) is 1. The topological polar surface area (TPSA) is 74.9 Å². The van der Waals surface area contributed by atoms with Crippen molar-refractivity contribution in [3.63, 3.8) is 0 Å². The van der Waals surface area contributed by atoms with Crippen molar-refractivity contribution in [2.45, 2.75) is 23.5 Å². The van der Waals surface area contributed by atoms with Gasteiger partial charge in [-0.15, -0.1) is 11.8 Å². The molecule has 0 fully saturated rings. The van der Waals surface area contributed by atoms with Gasteiger partial charge in [0, 0.05) is 27.8 Å². The molecule has 16 heavy (non-hydrogen) atoms. The predicted octanol–water partition coefficient (Wildman–Crippen LogP) is 2.01. The Bertz CT molecular complexity index is 483. The van der Waals surface area contributed by atoms with Gasteiger partial charge in [0.05, 0.1) is 11.7 Å². The van der Waals surface area contributed by atoms with Crippen molar-refractivity contribution >= 4 is 28.4 Å². The first kappa shape index (κ1) is 11.3. The molecule has 0 aliphatic rings. The Labute approximate surface area is 98.2 Å². The molecular weight excluding hydrogens is 222 g/mol. The molecule has 5 heteroatoms. The summed E-state index contributed by atoms with van der Waals surface area (Å²) >= 11 is 1.68. The quantitative estimate of drug-likeness (QED) is 0.561. The number of benzene rings is 1. The molecule has 0 saturated carbocycles. The van der Waals surface area contributed by atoms with Crippen LogP contribution in [0.1, 0.15) is 13.3 Å². The lowest BCUT2D eigenvalue weighted by Gasteiger charge is -2.11. The van der Waals surface area contributed by atoms with Gasteiger partial charge in [0.25, 0.3) is 0 Å². The van der Waals surface area contributed by atoms with Crippen LogP contribution in [-0.2, 0) is 0 Å². The van der Waals surface area contributed by atoms with Gasteiger partial charge >= 0.3 is 0 Å². The van der Waals surface area contributed by atoms with E-state index in [1.807, 2.05) is 12.1 Å². The van der Waals surface area contributed by atoms with E-state index in [0.29, 0.717) is 5.25 Å². The molecule has 0 spiro atoms. The van der Waals surface area contributed by atoms with Gasteiger partial charge in [-0.1, -0.05) is 6.92 Å². The van der Waals surface area contributed by atoms with Crippen molar-refractivity contribution in [1.29, 1.82) is 0 Å². The minimum absolute atomic E-state index is 0.209. The zero-order chi connectivity index (χ0) is 11.5. The van der Waals surface area contributed by atoms with E-state index in [-0.39, 0.29) is 6.61 Å². The second kappa shape index (κ2) is 4.76. The van der Waals surface area contributed by atoms with Gasteiger partial charge in [0.15, 0.2) is 0 Å². The molecular formula is C11H15N3OS. The maximum Gasteiger partial charge on any atom is 0.0662 e. The molecule has 1 unspecified atom stereocenters. The molecule has 4 N–H and O–H groups in total. The van der Waals surface area contributed by atoms with Crippen molar-refractivity contribution in [2.75, 3.05) is 12.3 Å². The first-order chi connectivity index (χ1) is 7.70. The first-order valence-corrected chi connectivity index (χ1v) is 6.09. The summed E-state index contributed by atoms with van der Waals surface area (Å²) in [5.41, 5.74) is 7.73. The lowest BCUT2D eigenvalue weighted by atomic mass is 10.2. The lowest BCUT2D eigenvalue weighted by molar-refractivity contribution is 0.289. The van der Waals surface area contributed by atoms with E-state index >= 15 is 0 Å². The SMILES string of the molecule is CC(CCO)Sc1cc2[nH]ncc2cc1N. The Kier molecular flexibility index (Phi) is 3.36. The molecule has 1 aromatic heterocycles. The average Bonchev–Trinajstić information content (AvgIpc) is 2.65. The Morgan fingerprint density at radius 1 is 1.56 bits per heavy atom. The fourth-order valence-corrected chi connectivity index (χ4v) is 2.59. The largest absolute Gasteiger partial charge is 0.398 e. The monoisotopic (exact) mass is 237 g/mol. The van der Waals surface area contributed by atoms with E-state index in [2.05, 4.69) is 17.1 Å². The van der Waals surface area contributed by atoms with Crippen LogP contribution in [0.5, 0.6) is 0 Å². The number of thioether (sulfide) groups is 1. The molecule has 0 radical (unpaired) electrons. The van der Waals surface area contributed by atoms with Gasteiger partial charge in [-0.2, -0.15) is 5.10 Å². The number of nitrogens with two attached hydrogens (primary N) is 1. The van der Waals surface area contributed by atoms with Crippen LogP contribution in [0.25, 0.3) is 10.9 Å². The number of anilines is 1. The van der Waals surface area contributed by atoms with Crippen LogP contribution >= 0.6 is 11.8 Å². The number of aromatic nitrogens is 2. The highest BCUT2D eigenvalue weighted by molar-refractivity contribution is 8.00. The summed E-state index contributed by atoms with van der Waals surface area (Å²) in [6.45, 7) is 2.29. The van der Waals surface area contributed by atoms with E-state index in [0.717, 1.165) is 27.9 Å². The molecule has 2 aromatic rings. The number of fused-ring (bicyclic) bond motifs is 1. The molecule has 0 amide bonds. The summed E-state index contributed by atoms with van der Waals surface area (Å²) in [4.78, 5) is 1.04. The van der Waals surface area contributed by atoms with Crippen LogP contribution in [0.2, 0.25) is 0 Å². The van der Waals surface area contributed by atoms with E-state index in [9.17, 15) is 0 Å². The molecule has 1 aromatic carbocycles. The zero-order valence-corrected chi connectivity index (χ0v) is 9.92. The average molecular weight is 237 g/mol. The molecule has 4 nitrogen and oxygen atoms in total.